The number of carboxylic acid groups (broad SMARTS) is 1. The minimum absolute atomic E-state index is 0.0491. The molecule has 18 heavy (non-hydrogen) atoms. The van der Waals surface area contributed by atoms with E-state index in [0.717, 1.165) is 30.6 Å². The molecule has 1 aliphatic rings. The van der Waals surface area contributed by atoms with Crippen LogP contribution >= 0.6 is 11.3 Å². The van der Waals surface area contributed by atoms with Crippen LogP contribution < -0.4 is 5.32 Å². The number of hydrogen-bond donors (Lipinski definition) is 2. The van der Waals surface area contributed by atoms with Gasteiger partial charge in [-0.05, 0) is 12.8 Å². The maximum Gasteiger partial charge on any atom is 0.347 e. The van der Waals surface area contributed by atoms with Crippen molar-refractivity contribution in [1.82, 2.24) is 4.98 Å². The van der Waals surface area contributed by atoms with Gasteiger partial charge in [-0.2, -0.15) is 0 Å². The molecule has 1 aliphatic carbocycles. The van der Waals surface area contributed by atoms with Gasteiger partial charge in [-0.15, -0.1) is 0 Å². The first-order chi connectivity index (χ1) is 8.61. The molecule has 7 heteroatoms. The van der Waals surface area contributed by atoms with Crippen LogP contribution in [-0.2, 0) is 16.1 Å². The van der Waals surface area contributed by atoms with Crippen LogP contribution in [0.3, 0.4) is 0 Å². The Morgan fingerprint density at radius 2 is 2.28 bits per heavy atom. The molecule has 1 amide bonds. The van der Waals surface area contributed by atoms with Crippen LogP contribution in [0.4, 0.5) is 5.13 Å². The van der Waals surface area contributed by atoms with Gasteiger partial charge in [-0.3, -0.25) is 4.79 Å². The lowest BCUT2D eigenvalue weighted by atomic mass is 9.85. The zero-order valence-electron chi connectivity index (χ0n) is 9.93. The molecule has 0 radical (unpaired) electrons. The number of nitrogens with zero attached hydrogens (tertiary/aromatic N) is 1. The van der Waals surface area contributed by atoms with Crippen molar-refractivity contribution in [2.24, 2.45) is 5.92 Å². The molecule has 0 saturated heterocycles. The number of methoxy groups -OCH3 is 1. The van der Waals surface area contributed by atoms with E-state index in [1.807, 2.05) is 0 Å². The summed E-state index contributed by atoms with van der Waals surface area (Å²) < 4.78 is 4.88. The Morgan fingerprint density at radius 1 is 1.56 bits per heavy atom. The Labute approximate surface area is 108 Å². The third-order valence-electron chi connectivity index (χ3n) is 2.88. The maximum absolute atomic E-state index is 11.7. The van der Waals surface area contributed by atoms with Crippen molar-refractivity contribution in [3.8, 4) is 0 Å². The fourth-order valence-corrected chi connectivity index (χ4v) is 2.50. The number of ether oxygens (including phenoxy) is 1. The molecule has 1 aromatic rings. The van der Waals surface area contributed by atoms with Gasteiger partial charge in [-0.1, -0.05) is 17.8 Å². The summed E-state index contributed by atoms with van der Waals surface area (Å²) in [4.78, 5) is 26.9. The van der Waals surface area contributed by atoms with Crippen LogP contribution in [0.15, 0.2) is 0 Å². The van der Waals surface area contributed by atoms with Crippen LogP contribution in [-0.4, -0.2) is 29.1 Å². The van der Waals surface area contributed by atoms with Gasteiger partial charge in [0.1, 0.15) is 4.88 Å². The number of thiazole rings is 1. The molecule has 1 fully saturated rings. The van der Waals surface area contributed by atoms with Crippen molar-refractivity contribution in [1.29, 1.82) is 0 Å². The number of carboxylic acids is 1. The molecular formula is C11H14N2O4S. The third-order valence-corrected chi connectivity index (χ3v) is 3.88. The second kappa shape index (κ2) is 5.45. The van der Waals surface area contributed by atoms with Gasteiger partial charge in [0.15, 0.2) is 5.13 Å². The minimum atomic E-state index is -1.05. The summed E-state index contributed by atoms with van der Waals surface area (Å²) in [5.74, 6) is -1.08. The van der Waals surface area contributed by atoms with Crippen molar-refractivity contribution >= 4 is 28.3 Å². The van der Waals surface area contributed by atoms with Gasteiger partial charge in [0.2, 0.25) is 5.91 Å². The van der Waals surface area contributed by atoms with Gasteiger partial charge < -0.3 is 15.2 Å². The number of nitrogens with one attached hydrogen (secondary N) is 1. The smallest absolute Gasteiger partial charge is 0.347 e. The Kier molecular flexibility index (Phi) is 3.93. The highest BCUT2D eigenvalue weighted by Gasteiger charge is 2.26. The fourth-order valence-electron chi connectivity index (χ4n) is 1.68. The number of rotatable bonds is 5. The molecule has 0 unspecified atom stereocenters. The zero-order valence-corrected chi connectivity index (χ0v) is 10.7. The van der Waals surface area contributed by atoms with Crippen molar-refractivity contribution < 1.29 is 19.4 Å². The predicted molar refractivity (Wildman–Crippen MR) is 65.8 cm³/mol. The van der Waals surface area contributed by atoms with E-state index in [-0.39, 0.29) is 23.3 Å². The largest absolute Gasteiger partial charge is 0.477 e. The third kappa shape index (κ3) is 2.68. The first-order valence-electron chi connectivity index (χ1n) is 5.64. The monoisotopic (exact) mass is 270 g/mol. The van der Waals surface area contributed by atoms with Gasteiger partial charge in [-0.25, -0.2) is 9.78 Å². The number of carbonyl (C=O) groups excluding carboxylic acids is 1. The molecule has 0 bridgehead atoms. The van der Waals surface area contributed by atoms with E-state index in [4.69, 9.17) is 9.84 Å². The van der Waals surface area contributed by atoms with Crippen molar-refractivity contribution in [2.75, 3.05) is 12.4 Å². The van der Waals surface area contributed by atoms with Gasteiger partial charge in [0.05, 0.1) is 12.3 Å². The molecule has 1 saturated carbocycles. The molecular weight excluding hydrogens is 256 g/mol. The Morgan fingerprint density at radius 3 is 2.78 bits per heavy atom. The number of carbonyl (C=O) groups is 2. The van der Waals surface area contributed by atoms with E-state index in [1.54, 1.807) is 0 Å². The Balaban J connectivity index is 2.10. The highest BCUT2D eigenvalue weighted by Crippen LogP contribution is 2.29. The Bertz CT molecular complexity index is 468. The maximum atomic E-state index is 11.7. The SMILES string of the molecule is COCc1nc(NC(=O)C2CCC2)sc1C(=O)O. The standard InChI is InChI=1S/C11H14N2O4S/c1-17-5-7-8(10(15)16)18-11(12-7)13-9(14)6-3-2-4-6/h6H,2-5H2,1H3,(H,15,16)(H,12,13,14). The molecule has 1 heterocycles. The summed E-state index contributed by atoms with van der Waals surface area (Å²) in [6.07, 6.45) is 2.87. The summed E-state index contributed by atoms with van der Waals surface area (Å²) in [7, 11) is 1.47. The van der Waals surface area contributed by atoms with Crippen LogP contribution in [0.2, 0.25) is 0 Å². The molecule has 2 N–H and O–H groups in total. The topological polar surface area (TPSA) is 88.5 Å². The highest BCUT2D eigenvalue weighted by molar-refractivity contribution is 7.17. The second-order valence-corrected chi connectivity index (χ2v) is 5.15. The van der Waals surface area contributed by atoms with Crippen LogP contribution in [0.1, 0.15) is 34.6 Å². The van der Waals surface area contributed by atoms with E-state index in [9.17, 15) is 9.59 Å². The van der Waals surface area contributed by atoms with E-state index in [1.165, 1.54) is 7.11 Å². The van der Waals surface area contributed by atoms with Gasteiger partial charge in [0.25, 0.3) is 0 Å². The first-order valence-corrected chi connectivity index (χ1v) is 6.46. The van der Waals surface area contributed by atoms with Crippen LogP contribution in [0.5, 0.6) is 0 Å². The lowest BCUT2D eigenvalue weighted by Gasteiger charge is -2.23. The summed E-state index contributed by atoms with van der Waals surface area (Å²) in [5.41, 5.74) is 0.346. The van der Waals surface area contributed by atoms with Gasteiger partial charge in [0, 0.05) is 13.0 Å². The average Bonchev–Trinajstić information content (AvgIpc) is 2.58. The summed E-state index contributed by atoms with van der Waals surface area (Å²) in [6.45, 7) is 0.122. The molecule has 2 rings (SSSR count). The molecule has 1 aromatic heterocycles. The summed E-state index contributed by atoms with van der Waals surface area (Å²) >= 11 is 0.965. The fraction of sp³-hybridized carbons (Fsp3) is 0.545. The van der Waals surface area contributed by atoms with Crippen molar-refractivity contribution in [2.45, 2.75) is 25.9 Å². The number of aromatic nitrogens is 1. The lowest BCUT2D eigenvalue weighted by Crippen LogP contribution is -2.27. The summed E-state index contributed by atoms with van der Waals surface area (Å²) in [5, 5.41) is 12.0. The Hall–Kier alpha value is -1.47. The minimum Gasteiger partial charge on any atom is -0.477 e. The van der Waals surface area contributed by atoms with Crippen molar-refractivity contribution in [3.63, 3.8) is 0 Å². The van der Waals surface area contributed by atoms with Crippen molar-refractivity contribution in [3.05, 3.63) is 10.6 Å². The number of amides is 1. The van der Waals surface area contributed by atoms with E-state index < -0.39 is 5.97 Å². The van der Waals surface area contributed by atoms with E-state index >= 15 is 0 Å². The highest BCUT2D eigenvalue weighted by atomic mass is 32.1. The average molecular weight is 270 g/mol. The predicted octanol–water partition coefficient (Wildman–Crippen LogP) is 1.73. The second-order valence-electron chi connectivity index (χ2n) is 4.15. The first kappa shape index (κ1) is 13.0. The molecule has 0 aliphatic heterocycles. The van der Waals surface area contributed by atoms with Gasteiger partial charge >= 0.3 is 5.97 Å². The number of anilines is 1. The van der Waals surface area contributed by atoms with Crippen LogP contribution in [0.25, 0.3) is 0 Å². The van der Waals surface area contributed by atoms with E-state index in [2.05, 4.69) is 10.3 Å². The molecule has 6 nitrogen and oxygen atoms in total. The van der Waals surface area contributed by atoms with E-state index in [0.29, 0.717) is 10.8 Å². The lowest BCUT2D eigenvalue weighted by molar-refractivity contribution is -0.122. The summed E-state index contributed by atoms with van der Waals surface area (Å²) in [6, 6.07) is 0. The van der Waals surface area contributed by atoms with Crippen LogP contribution in [0, 0.1) is 5.92 Å². The molecule has 0 spiro atoms. The molecule has 0 aromatic carbocycles. The quantitative estimate of drug-likeness (QED) is 0.850. The molecule has 98 valence electrons. The zero-order chi connectivity index (χ0) is 13.1. The number of aromatic carboxylic acids is 1. The number of hydrogen-bond acceptors (Lipinski definition) is 5. The molecule has 0 atom stereocenters. The normalized spacial score (nSPS) is 15.2.